The van der Waals surface area contributed by atoms with Crippen molar-refractivity contribution in [1.29, 1.82) is 0 Å². The van der Waals surface area contributed by atoms with Gasteiger partial charge >= 0.3 is 0 Å². The van der Waals surface area contributed by atoms with Gasteiger partial charge in [-0.25, -0.2) is 4.98 Å². The van der Waals surface area contributed by atoms with E-state index in [-0.39, 0.29) is 17.2 Å². The van der Waals surface area contributed by atoms with E-state index in [0.717, 1.165) is 12.1 Å². The molecule has 0 aliphatic rings. The second kappa shape index (κ2) is 4.89. The zero-order valence-electron chi connectivity index (χ0n) is 10.6. The fraction of sp³-hybridized carbons (Fsp3) is 0.417. The zero-order chi connectivity index (χ0) is 13.3. The van der Waals surface area contributed by atoms with Crippen molar-refractivity contribution in [2.45, 2.75) is 33.6 Å². The quantitative estimate of drug-likeness (QED) is 0.923. The van der Waals surface area contributed by atoms with E-state index in [1.165, 1.54) is 11.3 Å². The Morgan fingerprint density at radius 3 is 2.83 bits per heavy atom. The summed E-state index contributed by atoms with van der Waals surface area (Å²) in [6.07, 6.45) is 1.09. The number of thiazole rings is 1. The molecule has 1 amide bonds. The van der Waals surface area contributed by atoms with Gasteiger partial charge in [-0.1, -0.05) is 13.8 Å². The van der Waals surface area contributed by atoms with Crippen molar-refractivity contribution in [2.75, 3.05) is 5.32 Å². The first-order chi connectivity index (χ1) is 8.58. The van der Waals surface area contributed by atoms with Gasteiger partial charge in [-0.15, -0.1) is 11.3 Å². The molecular weight excluding hydrogens is 250 g/mol. The van der Waals surface area contributed by atoms with E-state index in [1.807, 2.05) is 12.3 Å². The lowest BCUT2D eigenvalue weighted by atomic mass is 10.3. The van der Waals surface area contributed by atoms with Crippen LogP contribution in [0.2, 0.25) is 0 Å². The molecule has 0 aromatic carbocycles. The molecule has 0 saturated carbocycles. The standard InChI is InChI=1S/C12H15N3O2S/c1-4-8-6-18-12-13-7(3)10(11(17)15(8)12)14-9(16)5-2/h6H,4-5H2,1-3H3,(H,14,16). The fourth-order valence-electron chi connectivity index (χ4n) is 1.72. The number of amides is 1. The zero-order valence-corrected chi connectivity index (χ0v) is 11.4. The molecule has 96 valence electrons. The van der Waals surface area contributed by atoms with E-state index in [0.29, 0.717) is 17.1 Å². The van der Waals surface area contributed by atoms with Crippen LogP contribution in [0.3, 0.4) is 0 Å². The molecular formula is C12H15N3O2S. The van der Waals surface area contributed by atoms with E-state index in [4.69, 9.17) is 0 Å². The summed E-state index contributed by atoms with van der Waals surface area (Å²) in [6.45, 7) is 5.46. The summed E-state index contributed by atoms with van der Waals surface area (Å²) in [5.41, 5.74) is 1.57. The summed E-state index contributed by atoms with van der Waals surface area (Å²) < 4.78 is 1.57. The molecule has 0 atom stereocenters. The molecule has 0 unspecified atom stereocenters. The van der Waals surface area contributed by atoms with Gasteiger partial charge in [-0.3, -0.25) is 14.0 Å². The second-order valence-electron chi connectivity index (χ2n) is 3.98. The van der Waals surface area contributed by atoms with Crippen molar-refractivity contribution < 1.29 is 4.79 Å². The highest BCUT2D eigenvalue weighted by molar-refractivity contribution is 7.15. The van der Waals surface area contributed by atoms with Crippen LogP contribution in [0.15, 0.2) is 10.2 Å². The Morgan fingerprint density at radius 2 is 2.22 bits per heavy atom. The van der Waals surface area contributed by atoms with Crippen LogP contribution < -0.4 is 10.9 Å². The van der Waals surface area contributed by atoms with Gasteiger partial charge in [-0.05, 0) is 13.3 Å². The Bertz CT molecular complexity index is 657. The van der Waals surface area contributed by atoms with Gasteiger partial charge in [0.05, 0.1) is 5.69 Å². The number of carbonyl (C=O) groups is 1. The first-order valence-electron chi connectivity index (χ1n) is 5.88. The minimum Gasteiger partial charge on any atom is -0.320 e. The highest BCUT2D eigenvalue weighted by Crippen LogP contribution is 2.16. The fourth-order valence-corrected chi connectivity index (χ4v) is 2.73. The summed E-state index contributed by atoms with van der Waals surface area (Å²) in [7, 11) is 0. The lowest BCUT2D eigenvalue weighted by Gasteiger charge is -2.07. The topological polar surface area (TPSA) is 63.5 Å². The number of carbonyl (C=O) groups excluding carboxylic acids is 1. The number of nitrogens with one attached hydrogen (secondary N) is 1. The molecule has 0 bridgehead atoms. The second-order valence-corrected chi connectivity index (χ2v) is 4.81. The summed E-state index contributed by atoms with van der Waals surface area (Å²) in [5.74, 6) is -0.176. The molecule has 0 saturated heterocycles. The lowest BCUT2D eigenvalue weighted by molar-refractivity contribution is -0.115. The molecule has 0 aliphatic heterocycles. The van der Waals surface area contributed by atoms with E-state index >= 15 is 0 Å². The van der Waals surface area contributed by atoms with Crippen molar-refractivity contribution in [2.24, 2.45) is 0 Å². The molecule has 5 nitrogen and oxygen atoms in total. The Labute approximate surface area is 108 Å². The van der Waals surface area contributed by atoms with Gasteiger partial charge in [0.1, 0.15) is 5.69 Å². The predicted octanol–water partition coefficient (Wildman–Crippen LogP) is 1.98. The highest BCUT2D eigenvalue weighted by Gasteiger charge is 2.14. The van der Waals surface area contributed by atoms with Gasteiger partial charge in [0, 0.05) is 17.5 Å². The highest BCUT2D eigenvalue weighted by atomic mass is 32.1. The molecule has 2 heterocycles. The van der Waals surface area contributed by atoms with Crippen LogP contribution in [0.1, 0.15) is 31.7 Å². The Kier molecular flexibility index (Phi) is 3.47. The summed E-state index contributed by atoms with van der Waals surface area (Å²) in [6, 6.07) is 0. The third kappa shape index (κ3) is 2.03. The maximum absolute atomic E-state index is 12.4. The smallest absolute Gasteiger partial charge is 0.282 e. The average molecular weight is 265 g/mol. The molecule has 1 N–H and O–H groups in total. The molecule has 0 spiro atoms. The molecule has 0 aliphatic carbocycles. The Morgan fingerprint density at radius 1 is 1.50 bits per heavy atom. The first kappa shape index (κ1) is 12.8. The largest absolute Gasteiger partial charge is 0.320 e. The lowest BCUT2D eigenvalue weighted by Crippen LogP contribution is -2.24. The van der Waals surface area contributed by atoms with Gasteiger partial charge in [0.2, 0.25) is 5.91 Å². The van der Waals surface area contributed by atoms with Gasteiger partial charge in [0.25, 0.3) is 5.56 Å². The average Bonchev–Trinajstić information content (AvgIpc) is 2.76. The number of rotatable bonds is 3. The number of nitrogens with zero attached hydrogens (tertiary/aromatic N) is 2. The summed E-state index contributed by atoms with van der Waals surface area (Å²) >= 11 is 1.44. The first-order valence-corrected chi connectivity index (χ1v) is 6.76. The van der Waals surface area contributed by atoms with Crippen molar-refractivity contribution in [3.8, 4) is 0 Å². The molecule has 2 rings (SSSR count). The minimum absolute atomic E-state index is 0.176. The van der Waals surface area contributed by atoms with Crippen LogP contribution in [0.25, 0.3) is 4.96 Å². The molecule has 2 aromatic heterocycles. The normalized spacial score (nSPS) is 10.8. The van der Waals surface area contributed by atoms with Crippen LogP contribution in [0.4, 0.5) is 5.69 Å². The van der Waals surface area contributed by atoms with Crippen molar-refractivity contribution >= 4 is 27.9 Å². The number of hydrogen-bond acceptors (Lipinski definition) is 4. The third-order valence-corrected chi connectivity index (χ3v) is 3.64. The van der Waals surface area contributed by atoms with Crippen LogP contribution in [0, 0.1) is 6.92 Å². The third-order valence-electron chi connectivity index (χ3n) is 2.77. The van der Waals surface area contributed by atoms with Crippen LogP contribution in [0.5, 0.6) is 0 Å². The SMILES string of the molecule is CCC(=O)Nc1c(C)nc2scc(CC)n2c1=O. The van der Waals surface area contributed by atoms with Crippen LogP contribution in [-0.4, -0.2) is 15.3 Å². The molecule has 18 heavy (non-hydrogen) atoms. The number of aromatic nitrogens is 2. The number of hydrogen-bond donors (Lipinski definition) is 1. The molecule has 0 radical (unpaired) electrons. The van der Waals surface area contributed by atoms with E-state index < -0.39 is 0 Å². The van der Waals surface area contributed by atoms with E-state index in [1.54, 1.807) is 18.2 Å². The van der Waals surface area contributed by atoms with Gasteiger partial charge in [0.15, 0.2) is 4.96 Å². The van der Waals surface area contributed by atoms with Crippen LogP contribution >= 0.6 is 11.3 Å². The number of aryl methyl sites for hydroxylation is 2. The van der Waals surface area contributed by atoms with Crippen molar-refractivity contribution in [3.63, 3.8) is 0 Å². The number of anilines is 1. The van der Waals surface area contributed by atoms with Gasteiger partial charge in [-0.2, -0.15) is 0 Å². The molecule has 2 aromatic rings. The predicted molar refractivity (Wildman–Crippen MR) is 72.4 cm³/mol. The van der Waals surface area contributed by atoms with E-state index in [9.17, 15) is 9.59 Å². The van der Waals surface area contributed by atoms with Crippen molar-refractivity contribution in [1.82, 2.24) is 9.38 Å². The summed E-state index contributed by atoms with van der Waals surface area (Å²) in [5, 5.41) is 4.56. The monoisotopic (exact) mass is 265 g/mol. The van der Waals surface area contributed by atoms with Crippen molar-refractivity contribution in [3.05, 3.63) is 27.1 Å². The summed E-state index contributed by atoms with van der Waals surface area (Å²) in [4.78, 5) is 28.8. The minimum atomic E-state index is -0.197. The van der Waals surface area contributed by atoms with E-state index in [2.05, 4.69) is 10.3 Å². The maximum Gasteiger partial charge on any atom is 0.282 e. The van der Waals surface area contributed by atoms with Crippen LogP contribution in [-0.2, 0) is 11.2 Å². The number of fused-ring (bicyclic) bond motifs is 1. The maximum atomic E-state index is 12.4. The Balaban J connectivity index is 2.66. The Hall–Kier alpha value is -1.69. The van der Waals surface area contributed by atoms with Gasteiger partial charge < -0.3 is 5.32 Å². The molecule has 6 heteroatoms. The molecule has 0 fully saturated rings.